The van der Waals surface area contributed by atoms with Gasteiger partial charge < -0.3 is 4.57 Å². The zero-order valence-corrected chi connectivity index (χ0v) is 12.0. The Morgan fingerprint density at radius 1 is 1.14 bits per heavy atom. The van der Waals surface area contributed by atoms with Crippen molar-refractivity contribution in [2.45, 2.75) is 19.5 Å². The minimum Gasteiger partial charge on any atom is -0.302 e. The summed E-state index contributed by atoms with van der Waals surface area (Å²) >= 11 is 0. The van der Waals surface area contributed by atoms with Gasteiger partial charge in [0.2, 0.25) is 0 Å². The van der Waals surface area contributed by atoms with E-state index >= 15 is 0 Å². The Morgan fingerprint density at radius 2 is 2.05 bits per heavy atom. The molecular formula is C18H17N3. The third-order valence-electron chi connectivity index (χ3n) is 4.07. The number of benzene rings is 2. The van der Waals surface area contributed by atoms with Gasteiger partial charge in [-0.1, -0.05) is 36.4 Å². The number of rotatable bonds is 2. The number of nitrogens with one attached hydrogen (secondary N) is 1. The topological polar surface area (TPSA) is 29.9 Å². The summed E-state index contributed by atoms with van der Waals surface area (Å²) in [6.45, 7) is 3.02. The predicted octanol–water partition coefficient (Wildman–Crippen LogP) is 3.37. The van der Waals surface area contributed by atoms with Crippen LogP contribution in [0.3, 0.4) is 0 Å². The van der Waals surface area contributed by atoms with Crippen LogP contribution in [0, 0.1) is 6.92 Å². The van der Waals surface area contributed by atoms with Crippen LogP contribution >= 0.6 is 0 Å². The first kappa shape index (κ1) is 12.4. The van der Waals surface area contributed by atoms with Gasteiger partial charge in [0.15, 0.2) is 0 Å². The fraction of sp³-hybridized carbons (Fsp3) is 0.167. The average molecular weight is 275 g/mol. The standard InChI is InChI=1S/C18H17N3/c1-13-5-4-7-15(11-13)21-10-9-19-18(21)17-16-8-3-2-6-14(16)12-20-17/h2-11,17,20H,12H2,1H3. The first-order chi connectivity index (χ1) is 10.3. The van der Waals surface area contributed by atoms with E-state index in [2.05, 4.69) is 70.3 Å². The molecule has 0 fully saturated rings. The summed E-state index contributed by atoms with van der Waals surface area (Å²) in [5.74, 6) is 1.05. The highest BCUT2D eigenvalue weighted by Gasteiger charge is 2.26. The van der Waals surface area contributed by atoms with E-state index in [0.29, 0.717) is 0 Å². The third-order valence-corrected chi connectivity index (χ3v) is 4.07. The van der Waals surface area contributed by atoms with E-state index in [1.807, 2.05) is 12.4 Å². The van der Waals surface area contributed by atoms with Gasteiger partial charge >= 0.3 is 0 Å². The Kier molecular flexibility index (Phi) is 2.86. The molecule has 0 spiro atoms. The van der Waals surface area contributed by atoms with Crippen molar-refractivity contribution in [1.29, 1.82) is 0 Å². The molecule has 1 aliphatic heterocycles. The van der Waals surface area contributed by atoms with Crippen LogP contribution in [0.25, 0.3) is 5.69 Å². The summed E-state index contributed by atoms with van der Waals surface area (Å²) in [4.78, 5) is 4.60. The van der Waals surface area contributed by atoms with Gasteiger partial charge in [-0.05, 0) is 35.7 Å². The summed E-state index contributed by atoms with van der Waals surface area (Å²) in [5, 5.41) is 3.57. The molecule has 104 valence electrons. The summed E-state index contributed by atoms with van der Waals surface area (Å²) < 4.78 is 2.17. The van der Waals surface area contributed by atoms with Crippen LogP contribution in [0.1, 0.15) is 28.6 Å². The molecule has 2 heterocycles. The summed E-state index contributed by atoms with van der Waals surface area (Å²) in [6, 6.07) is 17.2. The lowest BCUT2D eigenvalue weighted by atomic mass is 10.0. The van der Waals surface area contributed by atoms with Gasteiger partial charge in [-0.25, -0.2) is 4.98 Å². The highest BCUT2D eigenvalue weighted by Crippen LogP contribution is 2.30. The van der Waals surface area contributed by atoms with Crippen molar-refractivity contribution in [3.63, 3.8) is 0 Å². The lowest BCUT2D eigenvalue weighted by Gasteiger charge is -2.15. The lowest BCUT2D eigenvalue weighted by molar-refractivity contribution is 0.621. The maximum atomic E-state index is 4.60. The van der Waals surface area contributed by atoms with Gasteiger partial charge in [-0.2, -0.15) is 0 Å². The van der Waals surface area contributed by atoms with Crippen LogP contribution in [0.15, 0.2) is 60.9 Å². The second-order valence-corrected chi connectivity index (χ2v) is 5.51. The monoisotopic (exact) mass is 275 g/mol. The molecule has 0 saturated heterocycles. The number of imidazole rings is 1. The van der Waals surface area contributed by atoms with Crippen LogP contribution in [0.4, 0.5) is 0 Å². The minimum absolute atomic E-state index is 0.164. The van der Waals surface area contributed by atoms with Gasteiger partial charge in [0.05, 0.1) is 6.04 Å². The molecule has 1 N–H and O–H groups in total. The molecule has 1 unspecified atom stereocenters. The molecule has 0 bridgehead atoms. The molecule has 1 atom stereocenters. The van der Waals surface area contributed by atoms with Crippen molar-refractivity contribution in [2.24, 2.45) is 0 Å². The van der Waals surface area contributed by atoms with Gasteiger partial charge in [-0.3, -0.25) is 5.32 Å². The SMILES string of the molecule is Cc1cccc(-n2ccnc2C2NCc3ccccc32)c1. The smallest absolute Gasteiger partial charge is 0.135 e. The molecule has 4 rings (SSSR count). The predicted molar refractivity (Wildman–Crippen MR) is 83.4 cm³/mol. The van der Waals surface area contributed by atoms with E-state index in [9.17, 15) is 0 Å². The molecule has 2 aromatic carbocycles. The Hall–Kier alpha value is -2.39. The molecule has 21 heavy (non-hydrogen) atoms. The van der Waals surface area contributed by atoms with Crippen LogP contribution < -0.4 is 5.32 Å². The quantitative estimate of drug-likeness (QED) is 0.777. The highest BCUT2D eigenvalue weighted by atomic mass is 15.1. The van der Waals surface area contributed by atoms with E-state index < -0.39 is 0 Å². The molecule has 0 amide bonds. The van der Waals surface area contributed by atoms with Crippen molar-refractivity contribution in [3.8, 4) is 5.69 Å². The van der Waals surface area contributed by atoms with E-state index in [0.717, 1.165) is 18.1 Å². The maximum absolute atomic E-state index is 4.60. The second kappa shape index (κ2) is 4.86. The number of hydrogen-bond donors (Lipinski definition) is 1. The maximum Gasteiger partial charge on any atom is 0.135 e. The summed E-state index contributed by atoms with van der Waals surface area (Å²) in [7, 11) is 0. The molecule has 0 saturated carbocycles. The fourth-order valence-electron chi connectivity index (χ4n) is 3.05. The van der Waals surface area contributed by atoms with E-state index in [1.54, 1.807) is 0 Å². The number of aromatic nitrogens is 2. The Balaban J connectivity index is 1.80. The van der Waals surface area contributed by atoms with Gasteiger partial charge in [0.25, 0.3) is 0 Å². The van der Waals surface area contributed by atoms with Crippen molar-refractivity contribution >= 4 is 0 Å². The van der Waals surface area contributed by atoms with Crippen molar-refractivity contribution in [1.82, 2.24) is 14.9 Å². The van der Waals surface area contributed by atoms with Crippen molar-refractivity contribution < 1.29 is 0 Å². The van der Waals surface area contributed by atoms with E-state index in [1.165, 1.54) is 16.7 Å². The minimum atomic E-state index is 0.164. The average Bonchev–Trinajstić information content (AvgIpc) is 3.13. The lowest BCUT2D eigenvalue weighted by Crippen LogP contribution is -2.18. The van der Waals surface area contributed by atoms with Crippen molar-refractivity contribution in [2.75, 3.05) is 0 Å². The normalized spacial score (nSPS) is 16.9. The molecule has 1 aromatic heterocycles. The van der Waals surface area contributed by atoms with Gasteiger partial charge in [0.1, 0.15) is 5.82 Å². The second-order valence-electron chi connectivity index (χ2n) is 5.51. The van der Waals surface area contributed by atoms with E-state index in [-0.39, 0.29) is 6.04 Å². The van der Waals surface area contributed by atoms with Crippen LogP contribution in [0.5, 0.6) is 0 Å². The molecule has 1 aliphatic rings. The van der Waals surface area contributed by atoms with Crippen LogP contribution in [0.2, 0.25) is 0 Å². The molecular weight excluding hydrogens is 258 g/mol. The van der Waals surface area contributed by atoms with Gasteiger partial charge in [0, 0.05) is 24.6 Å². The Morgan fingerprint density at radius 3 is 2.95 bits per heavy atom. The largest absolute Gasteiger partial charge is 0.302 e. The number of nitrogens with zero attached hydrogens (tertiary/aromatic N) is 2. The Bertz CT molecular complexity index is 788. The molecule has 3 nitrogen and oxygen atoms in total. The summed E-state index contributed by atoms with van der Waals surface area (Å²) in [6.07, 6.45) is 3.91. The van der Waals surface area contributed by atoms with E-state index in [4.69, 9.17) is 0 Å². The van der Waals surface area contributed by atoms with Crippen LogP contribution in [-0.2, 0) is 6.54 Å². The highest BCUT2D eigenvalue weighted by molar-refractivity contribution is 5.42. The molecule has 3 heteroatoms. The first-order valence-electron chi connectivity index (χ1n) is 7.24. The molecule has 0 aliphatic carbocycles. The first-order valence-corrected chi connectivity index (χ1v) is 7.24. The molecule has 0 radical (unpaired) electrons. The third kappa shape index (κ3) is 2.06. The summed E-state index contributed by atoms with van der Waals surface area (Å²) in [5.41, 5.74) is 5.11. The Labute approximate surface area is 124 Å². The number of fused-ring (bicyclic) bond motifs is 1. The van der Waals surface area contributed by atoms with Crippen molar-refractivity contribution in [3.05, 3.63) is 83.4 Å². The number of aryl methyl sites for hydroxylation is 1. The fourth-order valence-corrected chi connectivity index (χ4v) is 3.05. The zero-order valence-electron chi connectivity index (χ0n) is 12.0. The zero-order chi connectivity index (χ0) is 14.2. The van der Waals surface area contributed by atoms with Crippen LogP contribution in [-0.4, -0.2) is 9.55 Å². The molecule has 3 aromatic rings. The number of hydrogen-bond acceptors (Lipinski definition) is 2. The van der Waals surface area contributed by atoms with Gasteiger partial charge in [-0.15, -0.1) is 0 Å².